The minimum Gasteiger partial charge on any atom is -0.317 e. The van der Waals surface area contributed by atoms with Gasteiger partial charge in [0.15, 0.2) is 0 Å². The van der Waals surface area contributed by atoms with Crippen LogP contribution in [0.5, 0.6) is 0 Å². The van der Waals surface area contributed by atoms with Gasteiger partial charge in [-0.3, -0.25) is 0 Å². The molecule has 2 heterocycles. The first-order valence-corrected chi connectivity index (χ1v) is 8.63. The highest BCUT2D eigenvalue weighted by Gasteiger charge is 2.19. The van der Waals surface area contributed by atoms with E-state index in [1.165, 1.54) is 11.3 Å². The van der Waals surface area contributed by atoms with Crippen LogP contribution in [-0.2, 0) is 10.0 Å². The number of hydrogen-bond acceptors (Lipinski definition) is 4. The van der Waals surface area contributed by atoms with Crippen molar-refractivity contribution >= 4 is 49.7 Å². The first-order valence-electron chi connectivity index (χ1n) is 5.53. The topological polar surface area (TPSA) is 58.2 Å². The van der Waals surface area contributed by atoms with Gasteiger partial charge in [-0.25, -0.2) is 13.1 Å². The Bertz CT molecular complexity index is 472. The molecule has 0 saturated carbocycles. The molecule has 0 aliphatic carbocycles. The lowest BCUT2D eigenvalue weighted by Crippen LogP contribution is -2.35. The van der Waals surface area contributed by atoms with Crippen LogP contribution < -0.4 is 10.0 Å². The Morgan fingerprint density at radius 1 is 1.39 bits per heavy atom. The van der Waals surface area contributed by atoms with Crippen LogP contribution >= 0.6 is 39.7 Å². The zero-order valence-electron chi connectivity index (χ0n) is 9.69. The first kappa shape index (κ1) is 16.4. The van der Waals surface area contributed by atoms with Crippen LogP contribution in [0, 0.1) is 5.92 Å². The maximum atomic E-state index is 12.0. The number of sulfonamides is 1. The van der Waals surface area contributed by atoms with Crippen LogP contribution in [0.15, 0.2) is 20.1 Å². The smallest absolute Gasteiger partial charge is 0.250 e. The van der Waals surface area contributed by atoms with Crippen LogP contribution in [0.25, 0.3) is 0 Å². The van der Waals surface area contributed by atoms with E-state index in [1.807, 2.05) is 0 Å². The lowest BCUT2D eigenvalue weighted by atomic mass is 9.99. The Morgan fingerprint density at radius 3 is 2.61 bits per heavy atom. The Balaban J connectivity index is 0.00000162. The van der Waals surface area contributed by atoms with Crippen molar-refractivity contribution < 1.29 is 8.42 Å². The molecule has 2 N–H and O–H groups in total. The van der Waals surface area contributed by atoms with Crippen LogP contribution in [0.1, 0.15) is 12.8 Å². The fraction of sp³-hybridized carbons (Fsp3) is 0.600. The minimum atomic E-state index is -3.32. The van der Waals surface area contributed by atoms with Gasteiger partial charge in [-0.1, -0.05) is 0 Å². The second-order valence-electron chi connectivity index (χ2n) is 4.10. The fourth-order valence-corrected chi connectivity index (χ4v) is 5.00. The van der Waals surface area contributed by atoms with Crippen molar-refractivity contribution in [2.75, 3.05) is 19.6 Å². The molecule has 1 aromatic heterocycles. The van der Waals surface area contributed by atoms with Gasteiger partial charge in [-0.2, -0.15) is 0 Å². The average Bonchev–Trinajstić information content (AvgIpc) is 2.76. The maximum absolute atomic E-state index is 12.0. The van der Waals surface area contributed by atoms with E-state index in [0.29, 0.717) is 16.7 Å². The van der Waals surface area contributed by atoms with E-state index < -0.39 is 10.0 Å². The van der Waals surface area contributed by atoms with E-state index >= 15 is 0 Å². The molecule has 4 nitrogen and oxygen atoms in total. The van der Waals surface area contributed by atoms with Crippen molar-refractivity contribution in [3.63, 3.8) is 0 Å². The SMILES string of the molecule is Cl.O=S(=O)(NCC1CCNCC1)c1ccc(Br)s1. The Hall–Kier alpha value is 0.340. The van der Waals surface area contributed by atoms with Gasteiger partial charge in [0.2, 0.25) is 10.0 Å². The van der Waals surface area contributed by atoms with E-state index in [0.717, 1.165) is 29.7 Å². The van der Waals surface area contributed by atoms with E-state index in [1.54, 1.807) is 12.1 Å². The summed E-state index contributed by atoms with van der Waals surface area (Å²) in [6.45, 7) is 2.51. The Labute approximate surface area is 126 Å². The second-order valence-corrected chi connectivity index (χ2v) is 8.56. The van der Waals surface area contributed by atoms with E-state index in [4.69, 9.17) is 0 Å². The molecule has 0 aromatic carbocycles. The highest BCUT2D eigenvalue weighted by molar-refractivity contribution is 9.11. The lowest BCUT2D eigenvalue weighted by molar-refractivity contribution is 0.372. The van der Waals surface area contributed by atoms with Gasteiger partial charge in [-0.15, -0.1) is 23.7 Å². The summed E-state index contributed by atoms with van der Waals surface area (Å²) in [5.41, 5.74) is 0. The number of hydrogen-bond donors (Lipinski definition) is 2. The predicted molar refractivity (Wildman–Crippen MR) is 80.0 cm³/mol. The van der Waals surface area contributed by atoms with Gasteiger partial charge >= 0.3 is 0 Å². The summed E-state index contributed by atoms with van der Waals surface area (Å²) in [4.78, 5) is 0. The van der Waals surface area contributed by atoms with Gasteiger partial charge in [0.05, 0.1) is 3.79 Å². The molecule has 18 heavy (non-hydrogen) atoms. The average molecular weight is 376 g/mol. The standard InChI is InChI=1S/C10H15BrN2O2S2.ClH/c11-9-1-2-10(16-9)17(14,15)13-7-8-3-5-12-6-4-8;/h1-2,8,12-13H,3-7H2;1H. The molecule has 104 valence electrons. The largest absolute Gasteiger partial charge is 0.317 e. The normalized spacial score (nSPS) is 17.4. The van der Waals surface area contributed by atoms with Crippen LogP contribution in [-0.4, -0.2) is 28.1 Å². The summed E-state index contributed by atoms with van der Waals surface area (Å²) in [7, 11) is -3.32. The zero-order valence-corrected chi connectivity index (χ0v) is 13.7. The van der Waals surface area contributed by atoms with E-state index in [9.17, 15) is 8.42 Å². The third kappa shape index (κ3) is 4.47. The predicted octanol–water partition coefficient (Wildman–Crippen LogP) is 2.21. The molecule has 0 amide bonds. The summed E-state index contributed by atoms with van der Waals surface area (Å²) >= 11 is 4.51. The minimum absolute atomic E-state index is 0. The molecular formula is C10H16BrClN2O2S2. The molecule has 0 bridgehead atoms. The Kier molecular flexibility index (Phi) is 6.57. The molecule has 1 fully saturated rings. The summed E-state index contributed by atoms with van der Waals surface area (Å²) in [5, 5.41) is 3.27. The third-order valence-corrected chi connectivity index (χ3v) is 6.37. The van der Waals surface area contributed by atoms with Crippen molar-refractivity contribution in [3.05, 3.63) is 15.9 Å². The van der Waals surface area contributed by atoms with Gasteiger partial charge in [0.1, 0.15) is 4.21 Å². The van der Waals surface area contributed by atoms with E-state index in [-0.39, 0.29) is 12.4 Å². The van der Waals surface area contributed by atoms with Crippen molar-refractivity contribution in [1.29, 1.82) is 0 Å². The molecule has 0 atom stereocenters. The maximum Gasteiger partial charge on any atom is 0.250 e. The van der Waals surface area contributed by atoms with Crippen molar-refractivity contribution in [3.8, 4) is 0 Å². The van der Waals surface area contributed by atoms with Crippen LogP contribution in [0.3, 0.4) is 0 Å². The number of thiophene rings is 1. The number of halogens is 2. The fourth-order valence-electron chi connectivity index (χ4n) is 1.83. The molecule has 1 aliphatic heterocycles. The summed E-state index contributed by atoms with van der Waals surface area (Å²) in [5.74, 6) is 0.453. The molecule has 1 saturated heterocycles. The van der Waals surface area contributed by atoms with Gasteiger partial charge < -0.3 is 5.32 Å². The van der Waals surface area contributed by atoms with Gasteiger partial charge in [0, 0.05) is 6.54 Å². The molecule has 2 rings (SSSR count). The summed E-state index contributed by atoms with van der Waals surface area (Å²) < 4.78 is 27.8. The first-order chi connectivity index (χ1) is 8.08. The number of nitrogens with one attached hydrogen (secondary N) is 2. The lowest BCUT2D eigenvalue weighted by Gasteiger charge is -2.22. The molecule has 0 radical (unpaired) electrons. The molecule has 0 unspecified atom stereocenters. The molecule has 8 heteroatoms. The third-order valence-electron chi connectivity index (χ3n) is 2.83. The quantitative estimate of drug-likeness (QED) is 0.848. The van der Waals surface area contributed by atoms with Crippen LogP contribution in [0.2, 0.25) is 0 Å². The van der Waals surface area contributed by atoms with Gasteiger partial charge in [0.25, 0.3) is 0 Å². The molecule has 1 aliphatic rings. The monoisotopic (exact) mass is 374 g/mol. The highest BCUT2D eigenvalue weighted by Crippen LogP contribution is 2.26. The zero-order chi connectivity index (χ0) is 12.3. The van der Waals surface area contributed by atoms with Crippen molar-refractivity contribution in [1.82, 2.24) is 10.0 Å². The highest BCUT2D eigenvalue weighted by atomic mass is 79.9. The molecular weight excluding hydrogens is 360 g/mol. The van der Waals surface area contributed by atoms with E-state index in [2.05, 4.69) is 26.0 Å². The van der Waals surface area contributed by atoms with Crippen molar-refractivity contribution in [2.24, 2.45) is 5.92 Å². The second kappa shape index (κ2) is 7.21. The summed E-state index contributed by atoms with van der Waals surface area (Å²) in [6.07, 6.45) is 2.08. The number of piperidine rings is 1. The summed E-state index contributed by atoms with van der Waals surface area (Å²) in [6, 6.07) is 3.38. The van der Waals surface area contributed by atoms with Crippen molar-refractivity contribution in [2.45, 2.75) is 17.1 Å². The van der Waals surface area contributed by atoms with Crippen LogP contribution in [0.4, 0.5) is 0 Å². The van der Waals surface area contributed by atoms with Gasteiger partial charge in [-0.05, 0) is 59.9 Å². The molecule has 0 spiro atoms. The molecule has 1 aromatic rings. The Morgan fingerprint density at radius 2 is 2.06 bits per heavy atom. The number of rotatable bonds is 4.